The van der Waals surface area contributed by atoms with Crippen LogP contribution in [0.15, 0.2) is 60.1 Å². The number of nitrogens with zero attached hydrogens (tertiary/aromatic N) is 3. The van der Waals surface area contributed by atoms with E-state index in [9.17, 15) is 18.4 Å². The van der Waals surface area contributed by atoms with Crippen LogP contribution in [0.2, 0.25) is 0 Å². The van der Waals surface area contributed by atoms with Gasteiger partial charge in [-0.25, -0.2) is 4.98 Å². The number of aromatic nitrogens is 3. The molecule has 0 aliphatic rings. The number of unbranched alkanes of at least 4 members (excludes halogenated alkanes) is 1. The molecule has 0 amide bonds. The number of fused-ring (bicyclic) bond motifs is 1. The summed E-state index contributed by atoms with van der Waals surface area (Å²) in [7, 11) is 1.81. The molecule has 41 heavy (non-hydrogen) atoms. The van der Waals surface area contributed by atoms with Crippen molar-refractivity contribution in [3.63, 3.8) is 0 Å². The van der Waals surface area contributed by atoms with Gasteiger partial charge in [0.2, 0.25) is 0 Å². The van der Waals surface area contributed by atoms with E-state index < -0.39 is 11.7 Å². The van der Waals surface area contributed by atoms with Crippen molar-refractivity contribution in [3.8, 4) is 0 Å². The molecule has 0 saturated heterocycles. The van der Waals surface area contributed by atoms with Crippen molar-refractivity contribution in [3.05, 3.63) is 88.5 Å². The monoisotopic (exact) mass is 573 g/mol. The number of halogens is 3. The molecule has 0 spiro atoms. The lowest BCUT2D eigenvalue weighted by Crippen LogP contribution is -2.10. The minimum atomic E-state index is -4.23. The van der Waals surface area contributed by atoms with Crippen LogP contribution in [0, 0.1) is 20.8 Å². The zero-order valence-corrected chi connectivity index (χ0v) is 24.9. The minimum Gasteiger partial charge on any atom is -0.410 e. The highest BCUT2D eigenvalue weighted by Crippen LogP contribution is 2.32. The van der Waals surface area contributed by atoms with Crippen molar-refractivity contribution in [1.29, 1.82) is 0 Å². The van der Waals surface area contributed by atoms with Gasteiger partial charge in [0.25, 0.3) is 0 Å². The van der Waals surface area contributed by atoms with Crippen LogP contribution in [-0.2, 0) is 6.18 Å². The topological polar surface area (TPSA) is 106 Å². The summed E-state index contributed by atoms with van der Waals surface area (Å²) in [5, 5.41) is 24.8. The van der Waals surface area contributed by atoms with Crippen molar-refractivity contribution in [2.45, 2.75) is 67.0 Å². The van der Waals surface area contributed by atoms with E-state index in [2.05, 4.69) is 39.3 Å². The maximum Gasteiger partial charge on any atom is 0.416 e. The normalized spacial score (nSPS) is 11.0. The molecule has 1 aromatic carbocycles. The summed E-state index contributed by atoms with van der Waals surface area (Å²) in [5.41, 5.74) is 4.72. The van der Waals surface area contributed by atoms with Gasteiger partial charge in [-0.15, -0.1) is 0 Å². The molecule has 0 unspecified atom stereocenters. The fraction of sp³-hybridized carbons (Fsp3) is 0.387. The van der Waals surface area contributed by atoms with Gasteiger partial charge in [0.15, 0.2) is 0 Å². The molecule has 0 bridgehead atoms. The van der Waals surface area contributed by atoms with E-state index in [1.165, 1.54) is 25.8 Å². The Kier molecular flexibility index (Phi) is 15.2. The van der Waals surface area contributed by atoms with Crippen LogP contribution in [0.4, 0.5) is 18.9 Å². The van der Waals surface area contributed by atoms with Crippen LogP contribution < -0.4 is 5.32 Å². The highest BCUT2D eigenvalue weighted by molar-refractivity contribution is 6.19. The van der Waals surface area contributed by atoms with Gasteiger partial charge in [-0.1, -0.05) is 56.5 Å². The molecule has 0 atom stereocenters. The van der Waals surface area contributed by atoms with E-state index in [4.69, 9.17) is 5.11 Å². The van der Waals surface area contributed by atoms with Crippen molar-refractivity contribution < 1.29 is 23.5 Å². The number of hydrogen-bond donors (Lipinski definition) is 4. The quantitative estimate of drug-likeness (QED) is 0.110. The van der Waals surface area contributed by atoms with Crippen LogP contribution in [0.5, 0.6) is 0 Å². The Balaban J connectivity index is 0.000000354. The summed E-state index contributed by atoms with van der Waals surface area (Å²) in [4.78, 5) is 11.7. The third kappa shape index (κ3) is 10.9. The van der Waals surface area contributed by atoms with E-state index in [1.54, 1.807) is 31.6 Å². The van der Waals surface area contributed by atoms with Gasteiger partial charge in [0, 0.05) is 43.2 Å². The first kappa shape index (κ1) is 35.1. The summed E-state index contributed by atoms with van der Waals surface area (Å²) in [6.07, 6.45) is 4.51. The van der Waals surface area contributed by atoms with Crippen LogP contribution in [-0.4, -0.2) is 44.6 Å². The fourth-order valence-electron chi connectivity index (χ4n) is 3.39. The summed E-state index contributed by atoms with van der Waals surface area (Å²) in [6.45, 7) is 11.7. The van der Waals surface area contributed by atoms with Gasteiger partial charge < -0.3 is 20.6 Å². The molecule has 7 nitrogen and oxygen atoms in total. The number of H-pyrrole nitrogens is 1. The van der Waals surface area contributed by atoms with E-state index in [1.807, 2.05) is 39.1 Å². The molecular formula is C31H42F3N5O2. The second-order valence-corrected chi connectivity index (χ2v) is 9.25. The Bertz CT molecular complexity index is 1360. The van der Waals surface area contributed by atoms with Crippen molar-refractivity contribution in [1.82, 2.24) is 15.0 Å². The molecule has 3 heterocycles. The Morgan fingerprint density at radius 3 is 2.12 bits per heavy atom. The average Bonchev–Trinajstić information content (AvgIpc) is 3.45. The van der Waals surface area contributed by atoms with E-state index in [-0.39, 0.29) is 5.56 Å². The lowest BCUT2D eigenvalue weighted by Gasteiger charge is -2.11. The maximum atomic E-state index is 12.2. The zero-order valence-electron chi connectivity index (χ0n) is 24.9. The molecular weight excluding hydrogens is 531 g/mol. The molecule has 3 aromatic heterocycles. The lowest BCUT2D eigenvalue weighted by molar-refractivity contribution is -0.138. The number of oxime groups is 1. The van der Waals surface area contributed by atoms with Crippen LogP contribution >= 0.6 is 0 Å². The third-order valence-corrected chi connectivity index (χ3v) is 5.76. The minimum absolute atomic E-state index is 0.271. The highest BCUT2D eigenvalue weighted by atomic mass is 19.4. The number of aryl methyl sites for hydroxylation is 3. The van der Waals surface area contributed by atoms with Crippen molar-refractivity contribution >= 4 is 22.4 Å². The molecule has 10 heteroatoms. The Hall–Kier alpha value is -3.92. The van der Waals surface area contributed by atoms with Gasteiger partial charge in [-0.3, -0.25) is 4.98 Å². The first-order chi connectivity index (χ1) is 19.5. The number of aromatic amines is 1. The average molecular weight is 574 g/mol. The standard InChI is InChI=1S/C15H15N5O.C9H9F3.C4H10.C3H8O/c1-9-7-12(16-2)14(19-8-9)13(20-21)10-3-5-17-15-11(10)4-6-18-15;1-6-3-4-7(2)8(5-6)9(10,11)12;1-3-4-2;1-2-3-4/h3-8,16,21H,1-2H3,(H,17,18);3-5H,1-2H3;3-4H2,1-2H3;4H,2-3H2,1H3/b20-13+;;;. The highest BCUT2D eigenvalue weighted by Gasteiger charge is 2.32. The number of aliphatic hydroxyl groups excluding tert-OH is 1. The van der Waals surface area contributed by atoms with Gasteiger partial charge in [0.1, 0.15) is 17.1 Å². The summed E-state index contributed by atoms with van der Waals surface area (Å²) in [5.74, 6) is 0. The predicted octanol–water partition coefficient (Wildman–Crippen LogP) is 8.05. The Morgan fingerprint density at radius 1 is 0.951 bits per heavy atom. The van der Waals surface area contributed by atoms with Gasteiger partial charge >= 0.3 is 6.18 Å². The second kappa shape index (κ2) is 17.7. The van der Waals surface area contributed by atoms with Gasteiger partial charge in [-0.2, -0.15) is 13.2 Å². The van der Waals surface area contributed by atoms with Crippen LogP contribution in [0.3, 0.4) is 0 Å². The second-order valence-electron chi connectivity index (χ2n) is 9.25. The molecule has 224 valence electrons. The Morgan fingerprint density at radius 2 is 1.61 bits per heavy atom. The first-order valence-corrected chi connectivity index (χ1v) is 13.5. The number of alkyl halides is 3. The predicted molar refractivity (Wildman–Crippen MR) is 161 cm³/mol. The number of anilines is 1. The summed E-state index contributed by atoms with van der Waals surface area (Å²) >= 11 is 0. The number of hydrogen-bond acceptors (Lipinski definition) is 6. The summed E-state index contributed by atoms with van der Waals surface area (Å²) in [6, 6.07) is 9.99. The van der Waals surface area contributed by atoms with Crippen molar-refractivity contribution in [2.75, 3.05) is 19.0 Å². The van der Waals surface area contributed by atoms with Crippen LogP contribution in [0.1, 0.15) is 73.5 Å². The van der Waals surface area contributed by atoms with Crippen LogP contribution in [0.25, 0.3) is 11.0 Å². The van der Waals surface area contributed by atoms with E-state index in [0.29, 0.717) is 23.6 Å². The molecule has 0 aliphatic carbocycles. The molecule has 0 fully saturated rings. The SMILES string of the molecule is CCCC.CCCO.CNc1cc(C)cnc1/C(=N/O)c1ccnc2[nH]ccc12.Cc1ccc(C)c(C(F)(F)F)c1. The largest absolute Gasteiger partial charge is 0.416 e. The number of nitrogens with one attached hydrogen (secondary N) is 2. The lowest BCUT2D eigenvalue weighted by atomic mass is 10.0. The number of pyridine rings is 2. The molecule has 4 N–H and O–H groups in total. The molecule has 0 radical (unpaired) electrons. The first-order valence-electron chi connectivity index (χ1n) is 13.5. The van der Waals surface area contributed by atoms with Crippen molar-refractivity contribution in [2.24, 2.45) is 5.16 Å². The zero-order chi connectivity index (χ0) is 31.0. The Labute approximate surface area is 240 Å². The third-order valence-electron chi connectivity index (χ3n) is 5.76. The number of rotatable bonds is 5. The fourth-order valence-corrected chi connectivity index (χ4v) is 3.39. The maximum absolute atomic E-state index is 12.2. The molecule has 4 rings (SSSR count). The van der Waals surface area contributed by atoms with E-state index in [0.717, 1.165) is 40.3 Å². The smallest absolute Gasteiger partial charge is 0.410 e. The molecule has 0 saturated carbocycles. The number of benzene rings is 1. The molecule has 0 aliphatic heterocycles. The number of aliphatic hydroxyl groups is 1. The molecule has 4 aromatic rings. The summed E-state index contributed by atoms with van der Waals surface area (Å²) < 4.78 is 36.7. The van der Waals surface area contributed by atoms with Gasteiger partial charge in [0.05, 0.1) is 11.3 Å². The van der Waals surface area contributed by atoms with E-state index >= 15 is 0 Å². The van der Waals surface area contributed by atoms with Gasteiger partial charge in [-0.05, 0) is 62.6 Å².